The van der Waals surface area contributed by atoms with Crippen LogP contribution in [0.2, 0.25) is 5.02 Å². The van der Waals surface area contributed by atoms with E-state index >= 15 is 0 Å². The van der Waals surface area contributed by atoms with Crippen LogP contribution in [0.4, 0.5) is 17.5 Å². The van der Waals surface area contributed by atoms with Gasteiger partial charge in [0.15, 0.2) is 5.82 Å². The van der Waals surface area contributed by atoms with E-state index in [1.165, 1.54) is 7.05 Å². The first kappa shape index (κ1) is 12.4. The highest BCUT2D eigenvalue weighted by Gasteiger charge is 2.07. The monoisotopic (exact) mass is 265 g/mol. The summed E-state index contributed by atoms with van der Waals surface area (Å²) >= 11 is 6.01. The topological polar surface area (TPSA) is 85.8 Å². The molecule has 0 saturated heterocycles. The molecule has 1 heterocycles. The lowest BCUT2D eigenvalue weighted by atomic mass is 10.2. The maximum atomic E-state index is 11.4. The Balaban J connectivity index is 2.40. The summed E-state index contributed by atoms with van der Waals surface area (Å²) in [5, 5.41) is 7.57. The molecule has 0 radical (unpaired) electrons. The Hall–Kier alpha value is -2.08. The van der Waals surface area contributed by atoms with E-state index in [0.29, 0.717) is 5.02 Å². The zero-order chi connectivity index (χ0) is 13.3. The van der Waals surface area contributed by atoms with Crippen LogP contribution in [0.1, 0.15) is 5.56 Å². The maximum Gasteiger partial charge on any atom is 0.309 e. The van der Waals surface area contributed by atoms with Gasteiger partial charge in [-0.3, -0.25) is 4.79 Å². The molecule has 2 rings (SSSR count). The fourth-order valence-corrected chi connectivity index (χ4v) is 1.63. The summed E-state index contributed by atoms with van der Waals surface area (Å²) in [6.45, 7) is 1.87. The largest absolute Gasteiger partial charge is 0.379 e. The molecule has 0 atom stereocenters. The van der Waals surface area contributed by atoms with Crippen LogP contribution in [0.25, 0.3) is 0 Å². The standard InChI is InChI=1S/C11H12ClN5O/c1-6-7(12)4-3-5-8(6)14-11-15-9(13)10(18)17(2)16-11/h3-5H,1-2H3,(H3,13,14,15,16). The van der Waals surface area contributed by atoms with Crippen LogP contribution < -0.4 is 16.6 Å². The molecule has 0 aliphatic heterocycles. The Bertz CT molecular complexity index is 626. The van der Waals surface area contributed by atoms with E-state index in [2.05, 4.69) is 15.4 Å². The van der Waals surface area contributed by atoms with E-state index in [9.17, 15) is 4.79 Å². The molecule has 0 bridgehead atoms. The molecule has 1 aromatic carbocycles. The maximum absolute atomic E-state index is 11.4. The minimum atomic E-state index is -0.427. The summed E-state index contributed by atoms with van der Waals surface area (Å²) in [6.07, 6.45) is 0. The molecule has 0 amide bonds. The summed E-state index contributed by atoms with van der Waals surface area (Å²) in [4.78, 5) is 15.2. The lowest BCUT2D eigenvalue weighted by molar-refractivity contribution is 0.700. The van der Waals surface area contributed by atoms with Gasteiger partial charge in [-0.1, -0.05) is 17.7 Å². The second-order valence-electron chi connectivity index (χ2n) is 3.79. The van der Waals surface area contributed by atoms with Crippen molar-refractivity contribution in [2.24, 2.45) is 7.05 Å². The van der Waals surface area contributed by atoms with Gasteiger partial charge in [-0.2, -0.15) is 4.98 Å². The molecule has 0 fully saturated rings. The van der Waals surface area contributed by atoms with Gasteiger partial charge >= 0.3 is 5.56 Å². The number of anilines is 3. The van der Waals surface area contributed by atoms with E-state index in [1.807, 2.05) is 19.1 Å². The van der Waals surface area contributed by atoms with Crippen LogP contribution in [0.3, 0.4) is 0 Å². The van der Waals surface area contributed by atoms with Gasteiger partial charge in [-0.25, -0.2) is 4.68 Å². The van der Waals surface area contributed by atoms with Gasteiger partial charge in [0.2, 0.25) is 5.95 Å². The number of rotatable bonds is 2. The third-order valence-corrected chi connectivity index (χ3v) is 2.91. The first-order valence-electron chi connectivity index (χ1n) is 5.22. The minimum absolute atomic E-state index is 0.102. The zero-order valence-electron chi connectivity index (χ0n) is 9.94. The lowest BCUT2D eigenvalue weighted by Gasteiger charge is -2.10. The van der Waals surface area contributed by atoms with E-state index < -0.39 is 5.56 Å². The predicted octanol–water partition coefficient (Wildman–Crippen LogP) is 1.46. The Kier molecular flexibility index (Phi) is 3.20. The van der Waals surface area contributed by atoms with Gasteiger partial charge in [-0.15, -0.1) is 5.10 Å². The third kappa shape index (κ3) is 2.28. The molecule has 0 saturated carbocycles. The minimum Gasteiger partial charge on any atom is -0.379 e. The van der Waals surface area contributed by atoms with Crippen molar-refractivity contribution in [3.8, 4) is 0 Å². The van der Waals surface area contributed by atoms with Crippen molar-refractivity contribution in [2.75, 3.05) is 11.1 Å². The molecule has 6 nitrogen and oxygen atoms in total. The third-order valence-electron chi connectivity index (χ3n) is 2.50. The summed E-state index contributed by atoms with van der Waals surface area (Å²) in [7, 11) is 1.51. The number of hydrogen-bond acceptors (Lipinski definition) is 5. The highest BCUT2D eigenvalue weighted by molar-refractivity contribution is 6.31. The molecule has 3 N–H and O–H groups in total. The van der Waals surface area contributed by atoms with E-state index in [4.69, 9.17) is 17.3 Å². The lowest BCUT2D eigenvalue weighted by Crippen LogP contribution is -2.25. The first-order chi connectivity index (χ1) is 8.49. The summed E-state index contributed by atoms with van der Waals surface area (Å²) in [6, 6.07) is 5.44. The summed E-state index contributed by atoms with van der Waals surface area (Å²) in [5.74, 6) is 0.148. The summed E-state index contributed by atoms with van der Waals surface area (Å²) in [5.41, 5.74) is 6.70. The van der Waals surface area contributed by atoms with Crippen LogP contribution >= 0.6 is 11.6 Å². The number of aromatic nitrogens is 3. The van der Waals surface area contributed by atoms with Gasteiger partial charge in [0.25, 0.3) is 0 Å². The molecule has 2 aromatic rings. The number of nitrogens with zero attached hydrogens (tertiary/aromatic N) is 3. The van der Waals surface area contributed by atoms with Crippen LogP contribution in [0.5, 0.6) is 0 Å². The SMILES string of the molecule is Cc1c(Cl)cccc1Nc1nc(N)c(=O)n(C)n1. The van der Waals surface area contributed by atoms with E-state index in [0.717, 1.165) is 15.9 Å². The molecule has 7 heteroatoms. The van der Waals surface area contributed by atoms with Crippen molar-refractivity contribution >= 4 is 29.1 Å². The van der Waals surface area contributed by atoms with Crippen LogP contribution in [-0.2, 0) is 7.05 Å². The number of nitrogen functional groups attached to an aromatic ring is 1. The normalized spacial score (nSPS) is 10.4. The van der Waals surface area contributed by atoms with Gasteiger partial charge in [0.1, 0.15) is 0 Å². The molecule has 0 spiro atoms. The van der Waals surface area contributed by atoms with Gasteiger partial charge < -0.3 is 11.1 Å². The van der Waals surface area contributed by atoms with Crippen LogP contribution in [0.15, 0.2) is 23.0 Å². The van der Waals surface area contributed by atoms with Gasteiger partial charge in [-0.05, 0) is 24.6 Å². The quantitative estimate of drug-likeness (QED) is 0.859. The second-order valence-corrected chi connectivity index (χ2v) is 4.19. The smallest absolute Gasteiger partial charge is 0.309 e. The van der Waals surface area contributed by atoms with E-state index in [-0.39, 0.29) is 11.8 Å². The van der Waals surface area contributed by atoms with Gasteiger partial charge in [0, 0.05) is 17.8 Å². The molecule has 1 aromatic heterocycles. The average molecular weight is 266 g/mol. The molecule has 18 heavy (non-hydrogen) atoms. The fraction of sp³-hybridized carbons (Fsp3) is 0.182. The number of aryl methyl sites for hydroxylation is 1. The fourth-order valence-electron chi connectivity index (χ4n) is 1.45. The van der Waals surface area contributed by atoms with Crippen LogP contribution in [-0.4, -0.2) is 14.8 Å². The zero-order valence-corrected chi connectivity index (χ0v) is 10.7. The Morgan fingerprint density at radius 2 is 2.17 bits per heavy atom. The highest BCUT2D eigenvalue weighted by Crippen LogP contribution is 2.24. The highest BCUT2D eigenvalue weighted by atomic mass is 35.5. The van der Waals surface area contributed by atoms with Gasteiger partial charge in [0.05, 0.1) is 0 Å². The van der Waals surface area contributed by atoms with Crippen molar-refractivity contribution in [2.45, 2.75) is 6.92 Å². The molecular weight excluding hydrogens is 254 g/mol. The van der Waals surface area contributed by atoms with Crippen molar-refractivity contribution in [1.82, 2.24) is 14.8 Å². The number of nitrogens with one attached hydrogen (secondary N) is 1. The Morgan fingerprint density at radius 3 is 2.83 bits per heavy atom. The molecule has 0 aliphatic carbocycles. The van der Waals surface area contributed by atoms with Crippen molar-refractivity contribution in [3.05, 3.63) is 39.1 Å². The van der Waals surface area contributed by atoms with Crippen molar-refractivity contribution in [3.63, 3.8) is 0 Å². The number of nitrogens with two attached hydrogens (primary N) is 1. The van der Waals surface area contributed by atoms with Crippen LogP contribution in [0, 0.1) is 6.92 Å². The van der Waals surface area contributed by atoms with Crippen molar-refractivity contribution < 1.29 is 0 Å². The Morgan fingerprint density at radius 1 is 1.44 bits per heavy atom. The van der Waals surface area contributed by atoms with E-state index in [1.54, 1.807) is 6.07 Å². The average Bonchev–Trinajstić information content (AvgIpc) is 2.32. The first-order valence-corrected chi connectivity index (χ1v) is 5.60. The molecular formula is C11H12ClN5O. The second kappa shape index (κ2) is 4.66. The number of hydrogen-bond donors (Lipinski definition) is 2. The summed E-state index contributed by atoms with van der Waals surface area (Å²) < 4.78 is 1.13. The Labute approximate surface area is 108 Å². The van der Waals surface area contributed by atoms with Crippen molar-refractivity contribution in [1.29, 1.82) is 0 Å². The molecule has 0 aliphatic rings. The number of halogens is 1. The predicted molar refractivity (Wildman–Crippen MR) is 71.2 cm³/mol. The number of benzene rings is 1. The molecule has 94 valence electrons. The molecule has 0 unspecified atom stereocenters.